The van der Waals surface area contributed by atoms with Crippen molar-refractivity contribution in [1.82, 2.24) is 0 Å². The zero-order valence-electron chi connectivity index (χ0n) is 34.5. The lowest BCUT2D eigenvalue weighted by molar-refractivity contribution is -0.253. The Morgan fingerprint density at radius 2 is 1.27 bits per heavy atom. The second-order valence-electron chi connectivity index (χ2n) is 21.8. The minimum Gasteiger partial charge on any atom is -0.481 e. The van der Waals surface area contributed by atoms with Crippen molar-refractivity contribution in [1.29, 1.82) is 0 Å². The quantitative estimate of drug-likeness (QED) is 0.190. The van der Waals surface area contributed by atoms with Crippen LogP contribution in [0.15, 0.2) is 0 Å². The summed E-state index contributed by atoms with van der Waals surface area (Å²) in [5.41, 5.74) is -1.01. The van der Waals surface area contributed by atoms with Crippen LogP contribution in [0.1, 0.15) is 166 Å². The Hall–Kier alpha value is -2.12. The Labute approximate surface area is 314 Å². The highest BCUT2D eigenvalue weighted by molar-refractivity contribution is 5.74. The number of carbonyl (C=O) groups excluding carboxylic acids is 2. The normalized spacial score (nSPS) is 39.8. The predicted molar refractivity (Wildman–Crippen MR) is 201 cm³/mol. The molecule has 0 heterocycles. The van der Waals surface area contributed by atoms with Gasteiger partial charge in [0.05, 0.1) is 32.3 Å². The molecule has 0 bridgehead atoms. The third-order valence-electron chi connectivity index (χ3n) is 16.8. The molecule has 0 radical (unpaired) electrons. The van der Waals surface area contributed by atoms with Gasteiger partial charge in [0.15, 0.2) is 0 Å². The monoisotopic (exact) mass is 729 g/mol. The van der Waals surface area contributed by atoms with Crippen LogP contribution >= 0.6 is 0 Å². The Morgan fingerprint density at radius 3 is 1.85 bits per heavy atom. The van der Waals surface area contributed by atoms with Crippen molar-refractivity contribution in [3.8, 4) is 0 Å². The van der Waals surface area contributed by atoms with Gasteiger partial charge in [-0.05, 0) is 127 Å². The largest absolute Gasteiger partial charge is 0.481 e. The summed E-state index contributed by atoms with van der Waals surface area (Å²) in [6, 6.07) is 0. The molecule has 0 aromatic carbocycles. The van der Waals surface area contributed by atoms with Crippen LogP contribution in [0.5, 0.6) is 0 Å². The summed E-state index contributed by atoms with van der Waals surface area (Å²) in [5.74, 6) is 0.911. The SMILES string of the molecule is CC(C)[C@@H]1CC[C@]2(COC(=O)CC(C)(C)CC(=O)O)CC[C@]3(C)[C@H](CC[C@@H]4[C@@]5(C)CC[C@H](OC(=O)CC(C)(C)CC(=O)O)C(C)(C)[C@@H]5CC[C@]43C)[C@@H]12. The number of esters is 2. The van der Waals surface area contributed by atoms with E-state index < -0.39 is 22.8 Å². The maximum atomic E-state index is 13.2. The van der Waals surface area contributed by atoms with Gasteiger partial charge in [0, 0.05) is 10.8 Å². The zero-order valence-corrected chi connectivity index (χ0v) is 34.5. The number of aliphatic carboxylic acids is 2. The number of hydrogen-bond donors (Lipinski definition) is 2. The van der Waals surface area contributed by atoms with Crippen molar-refractivity contribution in [2.45, 2.75) is 172 Å². The molecule has 5 fully saturated rings. The summed E-state index contributed by atoms with van der Waals surface area (Å²) in [6.07, 6.45) is 11.0. The molecule has 0 aromatic heterocycles. The number of rotatable bonds is 12. The zero-order chi connectivity index (χ0) is 38.9. The predicted octanol–water partition coefficient (Wildman–Crippen LogP) is 9.96. The molecule has 0 saturated heterocycles. The van der Waals surface area contributed by atoms with E-state index in [2.05, 4.69) is 48.5 Å². The number of carbonyl (C=O) groups is 4. The Kier molecular flexibility index (Phi) is 11.0. The van der Waals surface area contributed by atoms with Crippen LogP contribution in [0.4, 0.5) is 0 Å². The second kappa shape index (κ2) is 13.9. The van der Waals surface area contributed by atoms with E-state index in [0.29, 0.717) is 42.1 Å². The first-order valence-corrected chi connectivity index (χ1v) is 20.6. The van der Waals surface area contributed by atoms with Gasteiger partial charge in [0.2, 0.25) is 0 Å². The molecule has 5 aliphatic carbocycles. The smallest absolute Gasteiger partial charge is 0.306 e. The highest BCUT2D eigenvalue weighted by atomic mass is 16.5. The average Bonchev–Trinajstić information content (AvgIpc) is 3.36. The molecule has 0 spiro atoms. The lowest BCUT2D eigenvalue weighted by atomic mass is 9.32. The lowest BCUT2D eigenvalue weighted by Gasteiger charge is -2.73. The number of carboxylic acid groups (broad SMARTS) is 2. The molecule has 52 heavy (non-hydrogen) atoms. The van der Waals surface area contributed by atoms with Gasteiger partial charge in [-0.1, -0.05) is 76.2 Å². The molecule has 5 saturated carbocycles. The van der Waals surface area contributed by atoms with E-state index in [-0.39, 0.29) is 70.8 Å². The molecule has 296 valence electrons. The first kappa shape index (κ1) is 41.1. The number of ether oxygens (including phenoxy) is 2. The van der Waals surface area contributed by atoms with Crippen LogP contribution in [0, 0.1) is 73.4 Å². The van der Waals surface area contributed by atoms with Crippen molar-refractivity contribution in [2.75, 3.05) is 6.61 Å². The van der Waals surface area contributed by atoms with Crippen molar-refractivity contribution in [3.05, 3.63) is 0 Å². The van der Waals surface area contributed by atoms with E-state index >= 15 is 0 Å². The van der Waals surface area contributed by atoms with Crippen molar-refractivity contribution in [2.24, 2.45) is 73.4 Å². The molecule has 8 nitrogen and oxygen atoms in total. The van der Waals surface area contributed by atoms with Gasteiger partial charge in [-0.3, -0.25) is 19.2 Å². The van der Waals surface area contributed by atoms with E-state index in [4.69, 9.17) is 9.47 Å². The lowest BCUT2D eigenvalue weighted by Crippen LogP contribution is -2.67. The van der Waals surface area contributed by atoms with Crippen LogP contribution in [0.25, 0.3) is 0 Å². The number of hydrogen-bond acceptors (Lipinski definition) is 6. The summed E-state index contributed by atoms with van der Waals surface area (Å²) >= 11 is 0. The summed E-state index contributed by atoms with van der Waals surface area (Å²) in [5, 5.41) is 18.7. The highest BCUT2D eigenvalue weighted by Crippen LogP contribution is 2.77. The fourth-order valence-corrected chi connectivity index (χ4v) is 14.2. The van der Waals surface area contributed by atoms with Crippen molar-refractivity contribution >= 4 is 23.9 Å². The van der Waals surface area contributed by atoms with E-state index in [1.807, 2.05) is 27.7 Å². The Balaban J connectivity index is 1.35. The summed E-state index contributed by atoms with van der Waals surface area (Å²) in [4.78, 5) is 49.2. The maximum absolute atomic E-state index is 13.2. The Bertz CT molecular complexity index is 1400. The summed E-state index contributed by atoms with van der Waals surface area (Å²) in [7, 11) is 0. The first-order chi connectivity index (χ1) is 23.8. The van der Waals surface area contributed by atoms with Crippen LogP contribution in [0.2, 0.25) is 0 Å². The van der Waals surface area contributed by atoms with Crippen LogP contribution in [0.3, 0.4) is 0 Å². The third kappa shape index (κ3) is 7.20. The third-order valence-corrected chi connectivity index (χ3v) is 16.8. The maximum Gasteiger partial charge on any atom is 0.306 e. The standard InChI is InChI=1S/C44H72O8/c1-27(2)28-14-19-44(26-51-35(49)24-38(3,4)22-33(45)46)21-20-42(10)29(37(28)44)12-13-31-41(9)17-16-32(40(7,8)30(41)15-18-43(31,42)11)52-36(50)25-39(5,6)23-34(47)48/h27-32,37H,12-26H2,1-11H3,(H,45,46)(H,47,48)/t28-,29+,30-,31+,32-,37+,41-,42+,43+,44+/m0/s1. The van der Waals surface area contributed by atoms with Gasteiger partial charge in [0.25, 0.3) is 0 Å². The van der Waals surface area contributed by atoms with Gasteiger partial charge in [-0.25, -0.2) is 0 Å². The molecular formula is C44H72O8. The van der Waals surface area contributed by atoms with E-state index in [0.717, 1.165) is 38.5 Å². The fourth-order valence-electron chi connectivity index (χ4n) is 14.2. The van der Waals surface area contributed by atoms with Crippen LogP contribution in [-0.2, 0) is 28.7 Å². The molecule has 0 amide bonds. The first-order valence-electron chi connectivity index (χ1n) is 20.6. The molecule has 0 aliphatic heterocycles. The molecule has 0 unspecified atom stereocenters. The molecule has 5 rings (SSSR count). The highest BCUT2D eigenvalue weighted by Gasteiger charge is 2.71. The van der Waals surface area contributed by atoms with Crippen LogP contribution < -0.4 is 0 Å². The molecule has 2 N–H and O–H groups in total. The Morgan fingerprint density at radius 1 is 0.673 bits per heavy atom. The summed E-state index contributed by atoms with van der Waals surface area (Å²) in [6.45, 7) is 25.0. The van der Waals surface area contributed by atoms with Crippen LogP contribution in [-0.4, -0.2) is 46.8 Å². The number of carboxylic acids is 2. The van der Waals surface area contributed by atoms with E-state index in [1.165, 1.54) is 25.7 Å². The van der Waals surface area contributed by atoms with Gasteiger partial charge in [0.1, 0.15) is 6.10 Å². The van der Waals surface area contributed by atoms with Gasteiger partial charge in [-0.15, -0.1) is 0 Å². The average molecular weight is 729 g/mol. The van der Waals surface area contributed by atoms with Gasteiger partial charge >= 0.3 is 23.9 Å². The molecule has 8 heteroatoms. The summed E-state index contributed by atoms with van der Waals surface area (Å²) < 4.78 is 12.4. The fraction of sp³-hybridized carbons (Fsp3) is 0.909. The number of fused-ring (bicyclic) bond motifs is 7. The molecular weight excluding hydrogens is 656 g/mol. The van der Waals surface area contributed by atoms with E-state index in [9.17, 15) is 29.4 Å². The molecule has 0 aromatic rings. The minimum absolute atomic E-state index is 0.0149. The molecule has 10 atom stereocenters. The minimum atomic E-state index is -0.894. The van der Waals surface area contributed by atoms with Gasteiger partial charge < -0.3 is 19.7 Å². The van der Waals surface area contributed by atoms with E-state index in [1.54, 1.807) is 0 Å². The van der Waals surface area contributed by atoms with Crippen molar-refractivity contribution < 1.29 is 38.9 Å². The topological polar surface area (TPSA) is 127 Å². The molecule has 5 aliphatic rings. The second-order valence-corrected chi connectivity index (χ2v) is 21.8. The van der Waals surface area contributed by atoms with Crippen molar-refractivity contribution in [3.63, 3.8) is 0 Å². The van der Waals surface area contributed by atoms with Gasteiger partial charge in [-0.2, -0.15) is 0 Å².